The highest BCUT2D eigenvalue weighted by atomic mass is 16.4. The fraction of sp³-hybridized carbons (Fsp3) is 0.429. The molecule has 0 amide bonds. The van der Waals surface area contributed by atoms with Gasteiger partial charge in [-0.2, -0.15) is 0 Å². The maximum Gasteiger partial charge on any atom is 0.336 e. The van der Waals surface area contributed by atoms with Crippen molar-refractivity contribution in [1.29, 1.82) is 0 Å². The van der Waals surface area contributed by atoms with Gasteiger partial charge >= 0.3 is 11.7 Å². The van der Waals surface area contributed by atoms with Crippen molar-refractivity contribution in [1.82, 2.24) is 14.5 Å². The fourth-order valence-electron chi connectivity index (χ4n) is 2.19. The number of aromatic carboxylic acids is 1. The van der Waals surface area contributed by atoms with E-state index >= 15 is 0 Å². The summed E-state index contributed by atoms with van der Waals surface area (Å²) in [4.78, 5) is 41.8. The molecule has 0 fully saturated rings. The fourth-order valence-corrected chi connectivity index (χ4v) is 2.19. The van der Waals surface area contributed by atoms with Crippen LogP contribution in [-0.4, -0.2) is 25.6 Å². The number of nitrogens with zero attached hydrogens (tertiary/aromatic N) is 2. The number of aryl methyl sites for hydroxylation is 1. The second-order valence-corrected chi connectivity index (χ2v) is 5.16. The molecule has 0 aliphatic rings. The van der Waals surface area contributed by atoms with Crippen molar-refractivity contribution in [3.05, 3.63) is 38.2 Å². The summed E-state index contributed by atoms with van der Waals surface area (Å²) in [5.74, 6) is -1.23. The van der Waals surface area contributed by atoms with E-state index in [0.29, 0.717) is 18.7 Å². The molecule has 7 heteroatoms. The molecule has 7 nitrogen and oxygen atoms in total. The van der Waals surface area contributed by atoms with Crippen molar-refractivity contribution in [3.8, 4) is 0 Å². The van der Waals surface area contributed by atoms with E-state index in [4.69, 9.17) is 0 Å². The second kappa shape index (κ2) is 5.51. The van der Waals surface area contributed by atoms with Crippen LogP contribution in [0.25, 0.3) is 11.0 Å². The average Bonchev–Trinajstić information content (AvgIpc) is 2.41. The SMILES string of the molecule is CCCn1c(=O)[nH]c(=O)c2c(C(=O)O)cc(C(C)C)nc21. The lowest BCUT2D eigenvalue weighted by molar-refractivity contribution is 0.0698. The molecule has 0 atom stereocenters. The molecule has 0 aromatic carbocycles. The molecule has 0 aliphatic heterocycles. The summed E-state index contributed by atoms with van der Waals surface area (Å²) in [6.45, 7) is 5.98. The quantitative estimate of drug-likeness (QED) is 0.883. The van der Waals surface area contributed by atoms with E-state index in [1.807, 2.05) is 20.8 Å². The Bertz CT molecular complexity index is 817. The monoisotopic (exact) mass is 291 g/mol. The molecule has 0 radical (unpaired) electrons. The predicted molar refractivity (Wildman–Crippen MR) is 78.0 cm³/mol. The lowest BCUT2D eigenvalue weighted by atomic mass is 10.1. The Kier molecular flexibility index (Phi) is 3.93. The normalized spacial score (nSPS) is 11.2. The maximum atomic E-state index is 12.0. The standard InChI is InChI=1S/C14H17N3O4/c1-4-5-17-11-10(12(18)16-14(17)21)8(13(19)20)6-9(15-11)7(2)3/h6-7H,4-5H2,1-3H3,(H,19,20)(H,16,18,21). The van der Waals surface area contributed by atoms with Crippen LogP contribution in [0.5, 0.6) is 0 Å². The van der Waals surface area contributed by atoms with Gasteiger partial charge in [0, 0.05) is 12.2 Å². The van der Waals surface area contributed by atoms with E-state index in [2.05, 4.69) is 9.97 Å². The van der Waals surface area contributed by atoms with Gasteiger partial charge in [-0.05, 0) is 18.4 Å². The van der Waals surface area contributed by atoms with Crippen molar-refractivity contribution < 1.29 is 9.90 Å². The number of rotatable bonds is 4. The van der Waals surface area contributed by atoms with Gasteiger partial charge in [-0.15, -0.1) is 0 Å². The Balaban J connectivity index is 3.03. The van der Waals surface area contributed by atoms with Crippen molar-refractivity contribution in [2.24, 2.45) is 0 Å². The van der Waals surface area contributed by atoms with Crippen molar-refractivity contribution in [2.75, 3.05) is 0 Å². The highest BCUT2D eigenvalue weighted by molar-refractivity contribution is 6.01. The number of pyridine rings is 1. The number of hydrogen-bond acceptors (Lipinski definition) is 4. The third-order valence-corrected chi connectivity index (χ3v) is 3.24. The Hall–Kier alpha value is -2.44. The van der Waals surface area contributed by atoms with Gasteiger partial charge < -0.3 is 5.11 Å². The zero-order valence-electron chi connectivity index (χ0n) is 12.1. The lowest BCUT2D eigenvalue weighted by Crippen LogP contribution is -2.32. The molecule has 2 heterocycles. The Morgan fingerprint density at radius 1 is 1.43 bits per heavy atom. The van der Waals surface area contributed by atoms with Gasteiger partial charge in [-0.25, -0.2) is 14.6 Å². The first-order valence-electron chi connectivity index (χ1n) is 6.77. The third-order valence-electron chi connectivity index (χ3n) is 3.24. The van der Waals surface area contributed by atoms with E-state index in [9.17, 15) is 19.5 Å². The van der Waals surface area contributed by atoms with Crippen LogP contribution in [0, 0.1) is 0 Å². The minimum absolute atomic E-state index is 0.0167. The molecule has 0 spiro atoms. The molecular formula is C14H17N3O4. The highest BCUT2D eigenvalue weighted by Crippen LogP contribution is 2.19. The van der Waals surface area contributed by atoms with E-state index in [0.717, 1.165) is 0 Å². The van der Waals surface area contributed by atoms with Gasteiger partial charge in [0.1, 0.15) is 0 Å². The molecule has 0 aliphatic carbocycles. The van der Waals surface area contributed by atoms with Crippen LogP contribution in [0.15, 0.2) is 15.7 Å². The van der Waals surface area contributed by atoms with Crippen LogP contribution in [0.1, 0.15) is 49.2 Å². The van der Waals surface area contributed by atoms with E-state index in [1.165, 1.54) is 10.6 Å². The zero-order chi connectivity index (χ0) is 15.7. The smallest absolute Gasteiger partial charge is 0.336 e. The molecular weight excluding hydrogens is 274 g/mol. The molecule has 0 bridgehead atoms. The van der Waals surface area contributed by atoms with Crippen molar-refractivity contribution in [3.63, 3.8) is 0 Å². The van der Waals surface area contributed by atoms with Crippen LogP contribution in [-0.2, 0) is 6.54 Å². The summed E-state index contributed by atoms with van der Waals surface area (Å²) in [5, 5.41) is 9.28. The van der Waals surface area contributed by atoms with Crippen LogP contribution in [0.3, 0.4) is 0 Å². The summed E-state index contributed by atoms with van der Waals surface area (Å²) in [7, 11) is 0. The molecule has 0 saturated carbocycles. The maximum absolute atomic E-state index is 12.0. The van der Waals surface area contributed by atoms with Crippen LogP contribution in [0.4, 0.5) is 0 Å². The van der Waals surface area contributed by atoms with E-state index < -0.39 is 17.2 Å². The Morgan fingerprint density at radius 2 is 2.10 bits per heavy atom. The number of fused-ring (bicyclic) bond motifs is 1. The molecule has 0 saturated heterocycles. The van der Waals surface area contributed by atoms with Gasteiger partial charge in [0.2, 0.25) is 0 Å². The molecule has 21 heavy (non-hydrogen) atoms. The first-order valence-corrected chi connectivity index (χ1v) is 6.77. The van der Waals surface area contributed by atoms with Gasteiger partial charge in [-0.1, -0.05) is 20.8 Å². The molecule has 0 unspecified atom stereocenters. The van der Waals surface area contributed by atoms with Crippen molar-refractivity contribution in [2.45, 2.75) is 39.7 Å². The van der Waals surface area contributed by atoms with E-state index in [1.54, 1.807) is 0 Å². The minimum Gasteiger partial charge on any atom is -0.478 e. The number of aromatic nitrogens is 3. The molecule has 2 aromatic heterocycles. The molecule has 2 rings (SSSR count). The van der Waals surface area contributed by atoms with Crippen LogP contribution in [0.2, 0.25) is 0 Å². The lowest BCUT2D eigenvalue weighted by Gasteiger charge is -2.12. The number of carboxylic acids is 1. The average molecular weight is 291 g/mol. The Labute approximate surface area is 120 Å². The van der Waals surface area contributed by atoms with E-state index in [-0.39, 0.29) is 22.5 Å². The summed E-state index contributed by atoms with van der Waals surface area (Å²) in [5.41, 5.74) is -0.750. The third kappa shape index (κ3) is 2.58. The zero-order valence-corrected chi connectivity index (χ0v) is 12.1. The van der Waals surface area contributed by atoms with Crippen molar-refractivity contribution >= 4 is 17.0 Å². The Morgan fingerprint density at radius 3 is 2.62 bits per heavy atom. The summed E-state index contributed by atoms with van der Waals surface area (Å²) in [6.07, 6.45) is 0.664. The van der Waals surface area contributed by atoms with Crippen LogP contribution >= 0.6 is 0 Å². The van der Waals surface area contributed by atoms with Gasteiger partial charge in [0.15, 0.2) is 5.65 Å². The molecule has 112 valence electrons. The van der Waals surface area contributed by atoms with Gasteiger partial charge in [0.05, 0.1) is 10.9 Å². The second-order valence-electron chi connectivity index (χ2n) is 5.16. The number of hydrogen-bond donors (Lipinski definition) is 2. The number of carboxylic acid groups (broad SMARTS) is 1. The topological polar surface area (TPSA) is 105 Å². The number of nitrogens with one attached hydrogen (secondary N) is 1. The number of H-pyrrole nitrogens is 1. The molecule has 2 aromatic rings. The summed E-state index contributed by atoms with van der Waals surface area (Å²) >= 11 is 0. The highest BCUT2D eigenvalue weighted by Gasteiger charge is 2.19. The molecule has 2 N–H and O–H groups in total. The largest absolute Gasteiger partial charge is 0.478 e. The summed E-state index contributed by atoms with van der Waals surface area (Å²) < 4.78 is 1.31. The summed E-state index contributed by atoms with van der Waals surface area (Å²) in [6, 6.07) is 1.39. The van der Waals surface area contributed by atoms with Gasteiger partial charge in [-0.3, -0.25) is 14.3 Å². The van der Waals surface area contributed by atoms with Crippen LogP contribution < -0.4 is 11.2 Å². The minimum atomic E-state index is -1.21. The first-order chi connectivity index (χ1) is 9.86. The van der Waals surface area contributed by atoms with Gasteiger partial charge in [0.25, 0.3) is 5.56 Å². The predicted octanol–water partition coefficient (Wildman–Crippen LogP) is 1.32. The first kappa shape index (κ1) is 15.0. The number of carbonyl (C=O) groups is 1. The number of aromatic amines is 1.